The molecule has 0 aliphatic rings. The predicted octanol–water partition coefficient (Wildman–Crippen LogP) is 3.38. The molecule has 3 rings (SSSR count). The molecule has 0 aliphatic carbocycles. The van der Waals surface area contributed by atoms with Gasteiger partial charge in [0, 0.05) is 35.0 Å². The summed E-state index contributed by atoms with van der Waals surface area (Å²) in [6.45, 7) is 0.0395. The Morgan fingerprint density at radius 3 is 2.69 bits per heavy atom. The lowest BCUT2D eigenvalue weighted by Crippen LogP contribution is -2.12. The standard InChI is InChI=1S/C18H15BrN4O3/c19-14-5-3-12(4-6-14)9-21-18-22-15(13-2-1-7-20-10-13)8-16(23-18)26-11-17(24)25/h1-8,10H,9,11H2,(H,24,25)(H,21,22,23). The van der Waals surface area contributed by atoms with Gasteiger partial charge in [-0.2, -0.15) is 4.98 Å². The van der Waals surface area contributed by atoms with Crippen LogP contribution in [0.25, 0.3) is 11.3 Å². The lowest BCUT2D eigenvalue weighted by molar-refractivity contribution is -0.139. The number of aromatic nitrogens is 3. The molecule has 7 nitrogen and oxygen atoms in total. The molecule has 0 radical (unpaired) electrons. The maximum Gasteiger partial charge on any atom is 0.341 e. The van der Waals surface area contributed by atoms with Crippen LogP contribution in [0.4, 0.5) is 5.95 Å². The van der Waals surface area contributed by atoms with Gasteiger partial charge >= 0.3 is 5.97 Å². The van der Waals surface area contributed by atoms with E-state index in [9.17, 15) is 4.79 Å². The highest BCUT2D eigenvalue weighted by molar-refractivity contribution is 9.10. The van der Waals surface area contributed by atoms with Crippen molar-refractivity contribution in [3.8, 4) is 17.1 Å². The molecule has 0 saturated carbocycles. The molecule has 2 aromatic heterocycles. The molecule has 0 amide bonds. The number of hydrogen-bond acceptors (Lipinski definition) is 6. The second-order valence-corrected chi connectivity index (χ2v) is 6.23. The summed E-state index contributed by atoms with van der Waals surface area (Å²) in [5.41, 5.74) is 2.42. The van der Waals surface area contributed by atoms with Gasteiger partial charge in [0.15, 0.2) is 6.61 Å². The summed E-state index contributed by atoms with van der Waals surface area (Å²) in [4.78, 5) is 23.5. The number of hydrogen-bond donors (Lipinski definition) is 2. The average molecular weight is 415 g/mol. The SMILES string of the molecule is O=C(O)COc1cc(-c2cccnc2)nc(NCc2ccc(Br)cc2)n1. The Labute approximate surface area is 158 Å². The first-order valence-electron chi connectivity index (χ1n) is 7.72. The summed E-state index contributed by atoms with van der Waals surface area (Å²) in [6.07, 6.45) is 3.33. The van der Waals surface area contributed by atoms with Crippen molar-refractivity contribution in [3.63, 3.8) is 0 Å². The zero-order valence-corrected chi connectivity index (χ0v) is 15.2. The number of halogens is 1. The van der Waals surface area contributed by atoms with Crippen LogP contribution in [0.5, 0.6) is 5.88 Å². The quantitative estimate of drug-likeness (QED) is 0.611. The molecule has 1 aromatic carbocycles. The molecule has 8 heteroatoms. The Balaban J connectivity index is 1.83. The van der Waals surface area contributed by atoms with Crippen molar-refractivity contribution < 1.29 is 14.6 Å². The van der Waals surface area contributed by atoms with Crippen molar-refractivity contribution in [2.75, 3.05) is 11.9 Å². The molecular formula is C18H15BrN4O3. The van der Waals surface area contributed by atoms with Gasteiger partial charge < -0.3 is 15.2 Å². The summed E-state index contributed by atoms with van der Waals surface area (Å²) in [6, 6.07) is 13.1. The van der Waals surface area contributed by atoms with Crippen LogP contribution >= 0.6 is 15.9 Å². The minimum absolute atomic E-state index is 0.180. The fraction of sp³-hybridized carbons (Fsp3) is 0.111. The molecule has 3 aromatic rings. The van der Waals surface area contributed by atoms with E-state index in [1.807, 2.05) is 30.3 Å². The Morgan fingerprint density at radius 2 is 2.00 bits per heavy atom. The van der Waals surface area contributed by atoms with E-state index >= 15 is 0 Å². The van der Waals surface area contributed by atoms with Crippen LogP contribution in [0.1, 0.15) is 5.56 Å². The van der Waals surface area contributed by atoms with Crippen LogP contribution in [-0.4, -0.2) is 32.6 Å². The Kier molecular flexibility index (Phi) is 5.75. The van der Waals surface area contributed by atoms with Gasteiger partial charge in [-0.3, -0.25) is 4.98 Å². The first-order chi connectivity index (χ1) is 12.6. The van der Waals surface area contributed by atoms with E-state index in [0.29, 0.717) is 18.2 Å². The molecule has 0 saturated heterocycles. The maximum absolute atomic E-state index is 10.8. The highest BCUT2D eigenvalue weighted by atomic mass is 79.9. The second-order valence-electron chi connectivity index (χ2n) is 5.32. The minimum atomic E-state index is -1.07. The molecule has 2 heterocycles. The topological polar surface area (TPSA) is 97.2 Å². The van der Waals surface area contributed by atoms with Gasteiger partial charge in [-0.1, -0.05) is 28.1 Å². The third-order valence-electron chi connectivity index (χ3n) is 3.37. The number of benzene rings is 1. The summed E-state index contributed by atoms with van der Waals surface area (Å²) in [5, 5.41) is 11.9. The molecule has 132 valence electrons. The van der Waals surface area contributed by atoms with Crippen LogP contribution in [-0.2, 0) is 11.3 Å². The number of anilines is 1. The molecule has 0 unspecified atom stereocenters. The highest BCUT2D eigenvalue weighted by Gasteiger charge is 2.09. The normalized spacial score (nSPS) is 10.3. The first-order valence-corrected chi connectivity index (χ1v) is 8.52. The van der Waals surface area contributed by atoms with Crippen LogP contribution < -0.4 is 10.1 Å². The van der Waals surface area contributed by atoms with Crippen molar-refractivity contribution in [3.05, 3.63) is 64.9 Å². The van der Waals surface area contributed by atoms with Crippen molar-refractivity contribution >= 4 is 27.8 Å². The predicted molar refractivity (Wildman–Crippen MR) is 99.9 cm³/mol. The van der Waals surface area contributed by atoms with Crippen molar-refractivity contribution in [1.82, 2.24) is 15.0 Å². The van der Waals surface area contributed by atoms with Gasteiger partial charge in [-0.05, 0) is 29.8 Å². The first kappa shape index (κ1) is 17.8. The monoisotopic (exact) mass is 414 g/mol. The fourth-order valence-electron chi connectivity index (χ4n) is 2.16. The molecule has 0 fully saturated rings. The zero-order chi connectivity index (χ0) is 18.4. The molecular weight excluding hydrogens is 400 g/mol. The third kappa shape index (κ3) is 5.00. The molecule has 26 heavy (non-hydrogen) atoms. The molecule has 2 N–H and O–H groups in total. The average Bonchev–Trinajstić information content (AvgIpc) is 2.66. The van der Waals surface area contributed by atoms with Crippen molar-refractivity contribution in [1.29, 1.82) is 0 Å². The smallest absolute Gasteiger partial charge is 0.341 e. The number of pyridine rings is 1. The van der Waals surface area contributed by atoms with E-state index in [1.54, 1.807) is 24.5 Å². The van der Waals surface area contributed by atoms with E-state index < -0.39 is 12.6 Å². The van der Waals surface area contributed by atoms with Gasteiger partial charge in [0.25, 0.3) is 0 Å². The molecule has 0 atom stereocenters. The van der Waals surface area contributed by atoms with Crippen LogP contribution in [0.2, 0.25) is 0 Å². The summed E-state index contributed by atoms with van der Waals surface area (Å²) < 4.78 is 6.22. The summed E-state index contributed by atoms with van der Waals surface area (Å²) >= 11 is 3.40. The summed E-state index contributed by atoms with van der Waals surface area (Å²) in [5.74, 6) is -0.551. The van der Waals surface area contributed by atoms with E-state index in [4.69, 9.17) is 9.84 Å². The lowest BCUT2D eigenvalue weighted by Gasteiger charge is -2.10. The third-order valence-corrected chi connectivity index (χ3v) is 3.90. The number of nitrogens with zero attached hydrogens (tertiary/aromatic N) is 3. The van der Waals surface area contributed by atoms with Gasteiger partial charge in [0.2, 0.25) is 11.8 Å². The number of carboxylic acid groups (broad SMARTS) is 1. The Bertz CT molecular complexity index is 889. The lowest BCUT2D eigenvalue weighted by atomic mass is 10.2. The van der Waals surface area contributed by atoms with Gasteiger partial charge in [0.1, 0.15) is 0 Å². The van der Waals surface area contributed by atoms with E-state index in [-0.39, 0.29) is 5.88 Å². The van der Waals surface area contributed by atoms with Gasteiger partial charge in [-0.25, -0.2) is 9.78 Å². The highest BCUT2D eigenvalue weighted by Crippen LogP contribution is 2.22. The van der Waals surface area contributed by atoms with Gasteiger partial charge in [0.05, 0.1) is 5.69 Å². The molecule has 0 bridgehead atoms. The number of aliphatic carboxylic acids is 1. The van der Waals surface area contributed by atoms with Gasteiger partial charge in [-0.15, -0.1) is 0 Å². The number of ether oxygens (including phenoxy) is 1. The van der Waals surface area contributed by atoms with E-state index in [2.05, 4.69) is 36.2 Å². The number of carboxylic acids is 1. The van der Waals surface area contributed by atoms with Crippen LogP contribution in [0, 0.1) is 0 Å². The van der Waals surface area contributed by atoms with Crippen molar-refractivity contribution in [2.24, 2.45) is 0 Å². The summed E-state index contributed by atoms with van der Waals surface area (Å²) in [7, 11) is 0. The van der Waals surface area contributed by atoms with E-state index in [1.165, 1.54) is 0 Å². The Morgan fingerprint density at radius 1 is 1.19 bits per heavy atom. The Hall–Kier alpha value is -3.00. The second kappa shape index (κ2) is 8.39. The van der Waals surface area contributed by atoms with Crippen LogP contribution in [0.15, 0.2) is 59.3 Å². The minimum Gasteiger partial charge on any atom is -0.479 e. The number of carbonyl (C=O) groups is 1. The van der Waals surface area contributed by atoms with E-state index in [0.717, 1.165) is 15.6 Å². The fourth-order valence-corrected chi connectivity index (χ4v) is 2.42. The molecule has 0 aliphatic heterocycles. The number of nitrogens with one attached hydrogen (secondary N) is 1. The van der Waals surface area contributed by atoms with Crippen LogP contribution in [0.3, 0.4) is 0 Å². The largest absolute Gasteiger partial charge is 0.479 e. The van der Waals surface area contributed by atoms with Crippen molar-refractivity contribution in [2.45, 2.75) is 6.54 Å². The molecule has 0 spiro atoms. The zero-order valence-electron chi connectivity index (χ0n) is 13.6. The number of rotatable bonds is 7. The maximum atomic E-state index is 10.8.